The lowest BCUT2D eigenvalue weighted by Crippen LogP contribution is -2.43. The SMILES string of the molecule is COc1ccc(S(=O)(=O)N2CCC[C@@H]2C(=O)Nc2nc3ccccc3s2)cc1. The zero-order valence-corrected chi connectivity index (χ0v) is 16.8. The van der Waals surface area contributed by atoms with E-state index >= 15 is 0 Å². The number of benzene rings is 2. The fourth-order valence-corrected chi connectivity index (χ4v) is 5.81. The van der Waals surface area contributed by atoms with Crippen molar-refractivity contribution >= 4 is 42.6 Å². The first-order valence-corrected chi connectivity index (χ1v) is 11.1. The van der Waals surface area contributed by atoms with E-state index < -0.39 is 16.1 Å². The molecule has 0 spiro atoms. The van der Waals surface area contributed by atoms with Crippen molar-refractivity contribution < 1.29 is 17.9 Å². The van der Waals surface area contributed by atoms with Crippen molar-refractivity contribution in [2.75, 3.05) is 19.0 Å². The maximum absolute atomic E-state index is 13.0. The Morgan fingerprint density at radius 1 is 1.21 bits per heavy atom. The van der Waals surface area contributed by atoms with Crippen molar-refractivity contribution in [1.82, 2.24) is 9.29 Å². The Morgan fingerprint density at radius 3 is 2.68 bits per heavy atom. The fourth-order valence-electron chi connectivity index (χ4n) is 3.29. The van der Waals surface area contributed by atoms with Crippen LogP contribution in [0.1, 0.15) is 12.8 Å². The molecule has 1 aliphatic rings. The van der Waals surface area contributed by atoms with E-state index in [9.17, 15) is 13.2 Å². The Hall–Kier alpha value is -2.49. The van der Waals surface area contributed by atoms with Crippen LogP contribution in [0.5, 0.6) is 5.75 Å². The lowest BCUT2D eigenvalue weighted by atomic mass is 10.2. The third kappa shape index (κ3) is 3.48. The van der Waals surface area contributed by atoms with Crippen LogP contribution < -0.4 is 10.1 Å². The van der Waals surface area contributed by atoms with Crippen LogP contribution >= 0.6 is 11.3 Å². The number of nitrogens with zero attached hydrogens (tertiary/aromatic N) is 2. The van der Waals surface area contributed by atoms with E-state index in [1.165, 1.54) is 34.9 Å². The highest BCUT2D eigenvalue weighted by atomic mass is 32.2. The van der Waals surface area contributed by atoms with Gasteiger partial charge in [0.1, 0.15) is 11.8 Å². The molecular weight excluding hydrogens is 398 g/mol. The minimum Gasteiger partial charge on any atom is -0.497 e. The number of thiazole rings is 1. The number of para-hydroxylation sites is 1. The molecule has 28 heavy (non-hydrogen) atoms. The molecule has 0 radical (unpaired) electrons. The number of carbonyl (C=O) groups is 1. The molecule has 1 N–H and O–H groups in total. The number of ether oxygens (including phenoxy) is 1. The predicted molar refractivity (Wildman–Crippen MR) is 108 cm³/mol. The second-order valence-electron chi connectivity index (χ2n) is 6.43. The molecule has 0 saturated carbocycles. The third-order valence-corrected chi connectivity index (χ3v) is 7.57. The van der Waals surface area contributed by atoms with Crippen LogP contribution in [0, 0.1) is 0 Å². The minimum absolute atomic E-state index is 0.146. The van der Waals surface area contributed by atoms with E-state index in [4.69, 9.17) is 4.74 Å². The van der Waals surface area contributed by atoms with Crippen LogP contribution in [0.2, 0.25) is 0 Å². The zero-order chi connectivity index (χ0) is 19.7. The largest absolute Gasteiger partial charge is 0.497 e. The van der Waals surface area contributed by atoms with Crippen LogP contribution in [-0.2, 0) is 14.8 Å². The first kappa shape index (κ1) is 18.9. The van der Waals surface area contributed by atoms with Crippen LogP contribution in [-0.4, -0.2) is 43.3 Å². The summed E-state index contributed by atoms with van der Waals surface area (Å²) in [6.07, 6.45) is 1.11. The maximum Gasteiger partial charge on any atom is 0.244 e. The van der Waals surface area contributed by atoms with Gasteiger partial charge in [0.05, 0.1) is 22.2 Å². The van der Waals surface area contributed by atoms with Gasteiger partial charge in [-0.2, -0.15) is 4.31 Å². The summed E-state index contributed by atoms with van der Waals surface area (Å²) >= 11 is 1.37. The molecular formula is C19H19N3O4S2. The molecule has 146 valence electrons. The highest BCUT2D eigenvalue weighted by Crippen LogP contribution is 2.30. The summed E-state index contributed by atoms with van der Waals surface area (Å²) in [6, 6.07) is 13.0. The highest BCUT2D eigenvalue weighted by molar-refractivity contribution is 7.89. The molecule has 9 heteroatoms. The van der Waals surface area contributed by atoms with Gasteiger partial charge in [0, 0.05) is 6.54 Å². The molecule has 1 aliphatic heterocycles. The second-order valence-corrected chi connectivity index (χ2v) is 9.35. The number of carbonyl (C=O) groups excluding carboxylic acids is 1. The van der Waals surface area contributed by atoms with Crippen LogP contribution in [0.3, 0.4) is 0 Å². The Labute approximate surface area is 167 Å². The van der Waals surface area contributed by atoms with Gasteiger partial charge in [0.2, 0.25) is 15.9 Å². The molecule has 1 saturated heterocycles. The number of methoxy groups -OCH3 is 1. The molecule has 1 fully saturated rings. The predicted octanol–water partition coefficient (Wildman–Crippen LogP) is 3.10. The van der Waals surface area contributed by atoms with Crippen molar-refractivity contribution in [3.8, 4) is 5.75 Å². The normalized spacial score (nSPS) is 17.7. The Kier molecular flexibility index (Phi) is 5.05. The Balaban J connectivity index is 1.55. The molecule has 3 aromatic rings. The third-order valence-electron chi connectivity index (χ3n) is 4.70. The molecule has 7 nitrogen and oxygen atoms in total. The van der Waals surface area contributed by atoms with Gasteiger partial charge < -0.3 is 10.1 Å². The molecule has 2 aromatic carbocycles. The van der Waals surface area contributed by atoms with Gasteiger partial charge in [-0.25, -0.2) is 13.4 Å². The summed E-state index contributed by atoms with van der Waals surface area (Å²) in [5.41, 5.74) is 0.803. The summed E-state index contributed by atoms with van der Waals surface area (Å²) in [5, 5.41) is 3.26. The van der Waals surface area contributed by atoms with Crippen LogP contribution in [0.25, 0.3) is 10.2 Å². The Bertz CT molecular complexity index is 1080. The second kappa shape index (κ2) is 7.50. The van der Waals surface area contributed by atoms with E-state index in [0.717, 1.165) is 10.2 Å². The minimum atomic E-state index is -3.77. The van der Waals surface area contributed by atoms with Crippen molar-refractivity contribution in [3.63, 3.8) is 0 Å². The van der Waals surface area contributed by atoms with Gasteiger partial charge in [0.25, 0.3) is 0 Å². The Morgan fingerprint density at radius 2 is 1.96 bits per heavy atom. The van der Waals surface area contributed by atoms with Gasteiger partial charge in [-0.15, -0.1) is 0 Å². The molecule has 1 aromatic heterocycles. The fraction of sp³-hybridized carbons (Fsp3) is 0.263. The quantitative estimate of drug-likeness (QED) is 0.689. The highest BCUT2D eigenvalue weighted by Gasteiger charge is 2.39. The standard InChI is InChI=1S/C19H19N3O4S2/c1-26-13-8-10-14(11-9-13)28(24,25)22-12-4-6-16(22)18(23)21-19-20-15-5-2-3-7-17(15)27-19/h2-3,5,7-11,16H,4,6,12H2,1H3,(H,20,21,23)/t16-/m1/s1. The number of aromatic nitrogens is 1. The van der Waals surface area contributed by atoms with Gasteiger partial charge in [-0.05, 0) is 49.2 Å². The zero-order valence-electron chi connectivity index (χ0n) is 15.2. The summed E-state index contributed by atoms with van der Waals surface area (Å²) in [5.74, 6) is 0.221. The number of sulfonamides is 1. The number of nitrogens with one attached hydrogen (secondary N) is 1. The van der Waals surface area contributed by atoms with Crippen molar-refractivity contribution in [2.45, 2.75) is 23.8 Å². The number of anilines is 1. The van der Waals surface area contributed by atoms with E-state index in [0.29, 0.717) is 30.3 Å². The van der Waals surface area contributed by atoms with E-state index in [2.05, 4.69) is 10.3 Å². The first-order chi connectivity index (χ1) is 13.5. The summed E-state index contributed by atoms with van der Waals surface area (Å²) < 4.78 is 33.4. The number of hydrogen-bond donors (Lipinski definition) is 1. The smallest absolute Gasteiger partial charge is 0.244 e. The summed E-state index contributed by atoms with van der Waals surface area (Å²) in [4.78, 5) is 17.3. The number of hydrogen-bond acceptors (Lipinski definition) is 6. The molecule has 1 amide bonds. The number of rotatable bonds is 5. The van der Waals surface area contributed by atoms with Crippen LogP contribution in [0.15, 0.2) is 53.4 Å². The monoisotopic (exact) mass is 417 g/mol. The lowest BCUT2D eigenvalue weighted by Gasteiger charge is -2.23. The van der Waals surface area contributed by atoms with Crippen molar-refractivity contribution in [1.29, 1.82) is 0 Å². The summed E-state index contributed by atoms with van der Waals surface area (Å²) in [7, 11) is -2.25. The molecule has 0 aliphatic carbocycles. The van der Waals surface area contributed by atoms with E-state index in [-0.39, 0.29) is 10.8 Å². The van der Waals surface area contributed by atoms with Gasteiger partial charge in [-0.3, -0.25) is 4.79 Å². The van der Waals surface area contributed by atoms with E-state index in [1.807, 2.05) is 24.3 Å². The number of fused-ring (bicyclic) bond motifs is 1. The first-order valence-electron chi connectivity index (χ1n) is 8.81. The summed E-state index contributed by atoms with van der Waals surface area (Å²) in [6.45, 7) is 0.312. The van der Waals surface area contributed by atoms with Crippen molar-refractivity contribution in [3.05, 3.63) is 48.5 Å². The molecule has 0 unspecified atom stereocenters. The van der Waals surface area contributed by atoms with Crippen molar-refractivity contribution in [2.24, 2.45) is 0 Å². The molecule has 2 heterocycles. The molecule has 4 rings (SSSR count). The molecule has 0 bridgehead atoms. The van der Waals surface area contributed by atoms with Crippen LogP contribution in [0.4, 0.5) is 5.13 Å². The number of amides is 1. The average molecular weight is 418 g/mol. The maximum atomic E-state index is 13.0. The molecule has 1 atom stereocenters. The topological polar surface area (TPSA) is 88.6 Å². The van der Waals surface area contributed by atoms with Gasteiger partial charge >= 0.3 is 0 Å². The van der Waals surface area contributed by atoms with E-state index in [1.54, 1.807) is 12.1 Å². The van der Waals surface area contributed by atoms with Gasteiger partial charge in [-0.1, -0.05) is 23.5 Å². The lowest BCUT2D eigenvalue weighted by molar-refractivity contribution is -0.119. The van der Waals surface area contributed by atoms with Gasteiger partial charge in [0.15, 0.2) is 5.13 Å². The average Bonchev–Trinajstić information content (AvgIpc) is 3.35.